The molecule has 0 radical (unpaired) electrons. The molecular formula is C19H24BFN2O3. The van der Waals surface area contributed by atoms with Crippen LogP contribution in [0.15, 0.2) is 23.7 Å². The lowest BCUT2D eigenvalue weighted by molar-refractivity contribution is -0.118. The van der Waals surface area contributed by atoms with E-state index in [1.165, 1.54) is 19.1 Å². The number of amides is 1. The number of rotatable bonds is 5. The molecule has 0 bridgehead atoms. The van der Waals surface area contributed by atoms with Gasteiger partial charge in [0.05, 0.1) is 23.7 Å². The molecular weight excluding hydrogens is 334 g/mol. The summed E-state index contributed by atoms with van der Waals surface area (Å²) >= 11 is 0. The smallest absolute Gasteiger partial charge is 0.400 e. The van der Waals surface area contributed by atoms with E-state index in [9.17, 15) is 9.18 Å². The van der Waals surface area contributed by atoms with Gasteiger partial charge in [0.2, 0.25) is 5.91 Å². The van der Waals surface area contributed by atoms with Crippen LogP contribution in [-0.4, -0.2) is 30.8 Å². The quantitative estimate of drug-likeness (QED) is 0.822. The molecule has 0 aromatic heterocycles. The first kappa shape index (κ1) is 20.2. The second kappa shape index (κ2) is 7.61. The molecule has 0 saturated carbocycles. The minimum Gasteiger partial charge on any atom is -0.400 e. The number of carbonyl (C=O) groups excluding carboxylic acids is 1. The van der Waals surface area contributed by atoms with E-state index in [-0.39, 0.29) is 18.9 Å². The molecule has 1 aliphatic heterocycles. The Kier molecular flexibility index (Phi) is 5.89. The van der Waals surface area contributed by atoms with E-state index < -0.39 is 24.1 Å². The van der Waals surface area contributed by atoms with Crippen LogP contribution in [0.3, 0.4) is 0 Å². The molecule has 1 aromatic carbocycles. The van der Waals surface area contributed by atoms with Crippen molar-refractivity contribution in [3.8, 4) is 6.07 Å². The lowest BCUT2D eigenvalue weighted by Gasteiger charge is -2.32. The van der Waals surface area contributed by atoms with E-state index in [1.54, 1.807) is 12.1 Å². The van der Waals surface area contributed by atoms with Gasteiger partial charge in [0, 0.05) is 13.5 Å². The molecule has 2 rings (SSSR count). The molecule has 0 aliphatic carbocycles. The number of halogens is 1. The molecule has 1 amide bonds. The van der Waals surface area contributed by atoms with Crippen LogP contribution in [0.5, 0.6) is 0 Å². The largest absolute Gasteiger partial charge is 0.492 e. The minimum atomic E-state index is -0.676. The molecule has 7 heteroatoms. The summed E-state index contributed by atoms with van der Waals surface area (Å²) in [4.78, 5) is 11.4. The molecule has 1 N–H and O–H groups in total. The van der Waals surface area contributed by atoms with Crippen molar-refractivity contribution in [2.24, 2.45) is 0 Å². The summed E-state index contributed by atoms with van der Waals surface area (Å²) in [6, 6.07) is 6.36. The molecule has 138 valence electrons. The summed E-state index contributed by atoms with van der Waals surface area (Å²) in [6.45, 7) is 9.37. The minimum absolute atomic E-state index is 0.156. The molecule has 5 nitrogen and oxygen atoms in total. The second-order valence-corrected chi connectivity index (χ2v) is 7.40. The van der Waals surface area contributed by atoms with Crippen molar-refractivity contribution in [2.45, 2.75) is 52.2 Å². The van der Waals surface area contributed by atoms with Crippen LogP contribution in [0, 0.1) is 17.1 Å². The van der Waals surface area contributed by atoms with Gasteiger partial charge in [0.1, 0.15) is 5.82 Å². The topological polar surface area (TPSA) is 71.4 Å². The normalized spacial score (nSPS) is 18.5. The van der Waals surface area contributed by atoms with Crippen LogP contribution in [-0.2, 0) is 20.5 Å². The van der Waals surface area contributed by atoms with E-state index in [4.69, 9.17) is 14.6 Å². The van der Waals surface area contributed by atoms with Crippen LogP contribution < -0.4 is 5.32 Å². The number of nitrogens with zero attached hydrogens (tertiary/aromatic N) is 1. The molecule has 1 heterocycles. The SMILES string of the molecule is CC(=O)NCC(=Cc1cc(F)ccc1CC#N)B1OC(C)(C)C(C)(C)O1. The molecule has 0 spiro atoms. The Balaban J connectivity index is 2.43. The molecule has 1 aliphatic rings. The molecule has 1 fully saturated rings. The maximum absolute atomic E-state index is 13.7. The average Bonchev–Trinajstić information content (AvgIpc) is 2.74. The summed E-state index contributed by atoms with van der Waals surface area (Å²) < 4.78 is 25.9. The Hall–Kier alpha value is -2.17. The van der Waals surface area contributed by atoms with Crippen molar-refractivity contribution < 1.29 is 18.5 Å². The zero-order valence-electron chi connectivity index (χ0n) is 15.9. The van der Waals surface area contributed by atoms with Gasteiger partial charge in [0.25, 0.3) is 0 Å². The molecule has 1 saturated heterocycles. The van der Waals surface area contributed by atoms with Crippen molar-refractivity contribution in [3.05, 3.63) is 40.6 Å². The highest BCUT2D eigenvalue weighted by Gasteiger charge is 2.52. The van der Waals surface area contributed by atoms with Gasteiger partial charge >= 0.3 is 7.12 Å². The lowest BCUT2D eigenvalue weighted by atomic mass is 9.76. The number of hydrogen-bond donors (Lipinski definition) is 1. The van der Waals surface area contributed by atoms with E-state index in [0.717, 1.165) is 0 Å². The highest BCUT2D eigenvalue weighted by Crippen LogP contribution is 2.38. The van der Waals surface area contributed by atoms with Crippen LogP contribution in [0.4, 0.5) is 4.39 Å². The number of carbonyl (C=O) groups is 1. The van der Waals surface area contributed by atoms with Gasteiger partial charge in [-0.2, -0.15) is 5.26 Å². The predicted molar refractivity (Wildman–Crippen MR) is 98.5 cm³/mol. The van der Waals surface area contributed by atoms with Gasteiger partial charge in [-0.15, -0.1) is 0 Å². The van der Waals surface area contributed by atoms with Crippen LogP contribution >= 0.6 is 0 Å². The Morgan fingerprint density at radius 3 is 2.46 bits per heavy atom. The Morgan fingerprint density at radius 2 is 1.92 bits per heavy atom. The van der Waals surface area contributed by atoms with Crippen molar-refractivity contribution in [3.63, 3.8) is 0 Å². The van der Waals surface area contributed by atoms with Gasteiger partial charge in [-0.1, -0.05) is 12.1 Å². The molecule has 0 unspecified atom stereocenters. The third-order valence-electron chi connectivity index (χ3n) is 4.82. The summed E-state index contributed by atoms with van der Waals surface area (Å²) in [6.07, 6.45) is 1.89. The van der Waals surface area contributed by atoms with E-state index >= 15 is 0 Å². The van der Waals surface area contributed by atoms with Gasteiger partial charge in [-0.3, -0.25) is 4.79 Å². The first-order valence-corrected chi connectivity index (χ1v) is 8.51. The number of hydrogen-bond acceptors (Lipinski definition) is 4. The molecule has 1 aromatic rings. The summed E-state index contributed by atoms with van der Waals surface area (Å²) in [7, 11) is -0.676. The van der Waals surface area contributed by atoms with Crippen molar-refractivity contribution >= 4 is 19.1 Å². The van der Waals surface area contributed by atoms with Crippen molar-refractivity contribution in [1.29, 1.82) is 5.26 Å². The van der Waals surface area contributed by atoms with E-state index in [2.05, 4.69) is 11.4 Å². The fourth-order valence-electron chi connectivity index (χ4n) is 2.57. The Labute approximate surface area is 154 Å². The van der Waals surface area contributed by atoms with Crippen LogP contribution in [0.1, 0.15) is 45.7 Å². The fourth-order valence-corrected chi connectivity index (χ4v) is 2.57. The zero-order chi connectivity index (χ0) is 19.5. The predicted octanol–water partition coefficient (Wildman–Crippen LogP) is 3.04. The van der Waals surface area contributed by atoms with E-state index in [1.807, 2.05) is 27.7 Å². The Bertz CT molecular complexity index is 753. The highest BCUT2D eigenvalue weighted by atomic mass is 19.1. The van der Waals surface area contributed by atoms with Crippen LogP contribution in [0.25, 0.3) is 6.08 Å². The van der Waals surface area contributed by atoms with Gasteiger partial charge in [-0.05, 0) is 56.4 Å². The Morgan fingerprint density at radius 1 is 1.31 bits per heavy atom. The van der Waals surface area contributed by atoms with Crippen molar-refractivity contribution in [1.82, 2.24) is 5.32 Å². The first-order valence-electron chi connectivity index (χ1n) is 8.51. The summed E-state index contributed by atoms with van der Waals surface area (Å²) in [5.41, 5.74) is 0.852. The summed E-state index contributed by atoms with van der Waals surface area (Å²) in [5, 5.41) is 11.7. The maximum Gasteiger partial charge on any atom is 0.492 e. The summed E-state index contributed by atoms with van der Waals surface area (Å²) in [5.74, 6) is -0.588. The standard InChI is InChI=1S/C19H24BFN2O3/c1-13(24)23-12-16(20-25-18(2,3)19(4,5)26-20)10-15-11-17(21)7-6-14(15)8-9-22/h6-7,10-11H,8,12H2,1-5H3,(H,23,24). The van der Waals surface area contributed by atoms with Gasteiger partial charge < -0.3 is 14.6 Å². The molecule has 26 heavy (non-hydrogen) atoms. The molecule has 0 atom stereocenters. The number of benzene rings is 1. The monoisotopic (exact) mass is 358 g/mol. The van der Waals surface area contributed by atoms with Gasteiger partial charge in [-0.25, -0.2) is 4.39 Å². The first-order chi connectivity index (χ1) is 12.1. The average molecular weight is 358 g/mol. The third-order valence-corrected chi connectivity index (χ3v) is 4.82. The highest BCUT2D eigenvalue weighted by molar-refractivity contribution is 6.56. The van der Waals surface area contributed by atoms with Gasteiger partial charge in [0.15, 0.2) is 0 Å². The second-order valence-electron chi connectivity index (χ2n) is 7.40. The van der Waals surface area contributed by atoms with Crippen molar-refractivity contribution in [2.75, 3.05) is 6.54 Å². The zero-order valence-corrected chi connectivity index (χ0v) is 15.9. The lowest BCUT2D eigenvalue weighted by Crippen LogP contribution is -2.41. The number of nitrogens with one attached hydrogen (secondary N) is 1. The number of nitriles is 1. The van der Waals surface area contributed by atoms with E-state index in [0.29, 0.717) is 16.6 Å². The van der Waals surface area contributed by atoms with Crippen LogP contribution in [0.2, 0.25) is 0 Å². The third kappa shape index (κ3) is 4.51. The maximum atomic E-state index is 13.7. The fraction of sp³-hybridized carbons (Fsp3) is 0.474.